The summed E-state index contributed by atoms with van der Waals surface area (Å²) in [6.45, 7) is 3.84. The molecule has 0 unspecified atom stereocenters. The molecule has 0 bridgehead atoms. The molecular weight excluding hydrogens is 408 g/mol. The molecule has 0 radical (unpaired) electrons. The predicted molar refractivity (Wildman–Crippen MR) is 111 cm³/mol. The Labute approximate surface area is 168 Å². The Kier molecular flexibility index (Phi) is 7.42. The third-order valence-electron chi connectivity index (χ3n) is 3.86. The van der Waals surface area contributed by atoms with Crippen molar-refractivity contribution in [1.82, 2.24) is 4.90 Å². The fourth-order valence-electron chi connectivity index (χ4n) is 2.51. The fraction of sp³-hybridized carbons (Fsp3) is 0.333. The Balaban J connectivity index is 2.13. The normalized spacial score (nSPS) is 10.6. The van der Waals surface area contributed by atoms with E-state index < -0.39 is 0 Å². The summed E-state index contributed by atoms with van der Waals surface area (Å²) >= 11 is 3.40. The minimum atomic E-state index is -0.242. The van der Waals surface area contributed by atoms with Gasteiger partial charge in [-0.25, -0.2) is 0 Å². The molecule has 0 aromatic heterocycles. The summed E-state index contributed by atoms with van der Waals surface area (Å²) in [6.07, 6.45) is 1.03. The Morgan fingerprint density at radius 3 is 2.56 bits per heavy atom. The van der Waals surface area contributed by atoms with E-state index in [0.29, 0.717) is 29.8 Å². The molecule has 144 valence electrons. The lowest BCUT2D eigenvalue weighted by Crippen LogP contribution is -2.21. The van der Waals surface area contributed by atoms with E-state index in [-0.39, 0.29) is 17.9 Å². The zero-order chi connectivity index (χ0) is 20.0. The molecule has 0 aliphatic carbocycles. The van der Waals surface area contributed by atoms with E-state index in [4.69, 9.17) is 4.74 Å². The van der Waals surface area contributed by atoms with Crippen LogP contribution < -0.4 is 10.1 Å². The minimum Gasteiger partial charge on any atom is -0.490 e. The molecule has 2 rings (SSSR count). The van der Waals surface area contributed by atoms with Crippen LogP contribution in [-0.4, -0.2) is 36.9 Å². The number of nitrogens with one attached hydrogen (secondary N) is 1. The maximum atomic E-state index is 12.8. The van der Waals surface area contributed by atoms with Crippen molar-refractivity contribution in [3.05, 3.63) is 58.1 Å². The molecule has 0 aliphatic heterocycles. The van der Waals surface area contributed by atoms with E-state index in [1.807, 2.05) is 44.2 Å². The Morgan fingerprint density at radius 1 is 1.15 bits per heavy atom. The SMILES string of the molecule is CC(C)Oc1ccc(Br)cc1C(=O)Nc1cccc(CCC(=O)N(C)C)c1. The standard InChI is InChI=1S/C21H25BrN2O3/c1-14(2)27-19-10-9-16(22)13-18(19)21(26)23-17-7-5-6-15(12-17)8-11-20(25)24(3)4/h5-7,9-10,12-14H,8,11H2,1-4H3,(H,23,26). The summed E-state index contributed by atoms with van der Waals surface area (Å²) in [5, 5.41) is 2.91. The largest absolute Gasteiger partial charge is 0.490 e. The van der Waals surface area contributed by atoms with E-state index in [1.165, 1.54) is 0 Å². The Morgan fingerprint density at radius 2 is 1.89 bits per heavy atom. The first-order valence-electron chi connectivity index (χ1n) is 8.83. The van der Waals surface area contributed by atoms with Crippen molar-refractivity contribution < 1.29 is 14.3 Å². The molecule has 0 fully saturated rings. The first-order chi connectivity index (χ1) is 12.8. The molecule has 0 heterocycles. The second-order valence-electron chi connectivity index (χ2n) is 6.75. The van der Waals surface area contributed by atoms with Gasteiger partial charge >= 0.3 is 0 Å². The van der Waals surface area contributed by atoms with Gasteiger partial charge in [-0.15, -0.1) is 0 Å². The average Bonchev–Trinajstić information content (AvgIpc) is 2.61. The number of ether oxygens (including phenoxy) is 1. The zero-order valence-corrected chi connectivity index (χ0v) is 17.7. The number of rotatable bonds is 7. The van der Waals surface area contributed by atoms with Crippen LogP contribution >= 0.6 is 15.9 Å². The van der Waals surface area contributed by atoms with Gasteiger partial charge in [-0.1, -0.05) is 28.1 Å². The van der Waals surface area contributed by atoms with Gasteiger partial charge in [0.2, 0.25) is 5.91 Å². The van der Waals surface area contributed by atoms with E-state index in [9.17, 15) is 9.59 Å². The molecule has 0 spiro atoms. The lowest BCUT2D eigenvalue weighted by atomic mass is 10.1. The second kappa shape index (κ2) is 9.55. The van der Waals surface area contributed by atoms with E-state index in [2.05, 4.69) is 21.2 Å². The van der Waals surface area contributed by atoms with Gasteiger partial charge in [-0.2, -0.15) is 0 Å². The first-order valence-corrected chi connectivity index (χ1v) is 9.62. The number of carbonyl (C=O) groups excluding carboxylic acids is 2. The number of hydrogen-bond donors (Lipinski definition) is 1. The molecule has 5 nitrogen and oxygen atoms in total. The van der Waals surface area contributed by atoms with Gasteiger partial charge in [-0.05, 0) is 56.2 Å². The fourth-order valence-corrected chi connectivity index (χ4v) is 2.88. The number of halogens is 1. The van der Waals surface area contributed by atoms with Crippen LogP contribution in [0.1, 0.15) is 36.2 Å². The number of anilines is 1. The summed E-state index contributed by atoms with van der Waals surface area (Å²) in [5.74, 6) is 0.376. The van der Waals surface area contributed by atoms with Crippen LogP contribution in [-0.2, 0) is 11.2 Å². The highest BCUT2D eigenvalue weighted by molar-refractivity contribution is 9.10. The third kappa shape index (κ3) is 6.40. The molecule has 27 heavy (non-hydrogen) atoms. The number of aryl methyl sites for hydroxylation is 1. The summed E-state index contributed by atoms with van der Waals surface area (Å²) in [7, 11) is 3.49. The summed E-state index contributed by atoms with van der Waals surface area (Å²) < 4.78 is 6.55. The van der Waals surface area contributed by atoms with E-state index in [0.717, 1.165) is 10.0 Å². The molecule has 6 heteroatoms. The molecule has 0 saturated carbocycles. The van der Waals surface area contributed by atoms with Gasteiger partial charge in [0.1, 0.15) is 5.75 Å². The molecule has 0 aliphatic rings. The molecular formula is C21H25BrN2O3. The monoisotopic (exact) mass is 432 g/mol. The quantitative estimate of drug-likeness (QED) is 0.699. The number of carbonyl (C=O) groups is 2. The zero-order valence-electron chi connectivity index (χ0n) is 16.1. The van der Waals surface area contributed by atoms with Gasteiger partial charge in [0, 0.05) is 30.7 Å². The van der Waals surface area contributed by atoms with E-state index in [1.54, 1.807) is 31.1 Å². The molecule has 0 saturated heterocycles. The van der Waals surface area contributed by atoms with Gasteiger partial charge in [0.15, 0.2) is 0 Å². The van der Waals surface area contributed by atoms with Crippen LogP contribution in [0.3, 0.4) is 0 Å². The van der Waals surface area contributed by atoms with Gasteiger partial charge in [-0.3, -0.25) is 9.59 Å². The maximum absolute atomic E-state index is 12.8. The molecule has 2 aromatic carbocycles. The molecule has 2 aromatic rings. The molecule has 2 amide bonds. The lowest BCUT2D eigenvalue weighted by molar-refractivity contribution is -0.128. The topological polar surface area (TPSA) is 58.6 Å². The van der Waals surface area contributed by atoms with Crippen molar-refractivity contribution in [2.45, 2.75) is 32.8 Å². The second-order valence-corrected chi connectivity index (χ2v) is 7.67. The van der Waals surface area contributed by atoms with Crippen molar-refractivity contribution in [3.63, 3.8) is 0 Å². The van der Waals surface area contributed by atoms with Gasteiger partial charge < -0.3 is 15.0 Å². The summed E-state index contributed by atoms with van der Waals surface area (Å²) in [6, 6.07) is 12.9. The Bertz CT molecular complexity index is 819. The highest BCUT2D eigenvalue weighted by atomic mass is 79.9. The lowest BCUT2D eigenvalue weighted by Gasteiger charge is -2.15. The molecule has 0 atom stereocenters. The first kappa shape index (κ1) is 21.0. The highest BCUT2D eigenvalue weighted by Gasteiger charge is 2.15. The summed E-state index contributed by atoms with van der Waals surface area (Å²) in [4.78, 5) is 26.1. The highest BCUT2D eigenvalue weighted by Crippen LogP contribution is 2.25. The predicted octanol–water partition coefficient (Wildman–Crippen LogP) is 4.51. The van der Waals surface area contributed by atoms with Crippen molar-refractivity contribution in [1.29, 1.82) is 0 Å². The average molecular weight is 433 g/mol. The Hall–Kier alpha value is -2.34. The van der Waals surface area contributed by atoms with Crippen LogP contribution in [0.4, 0.5) is 5.69 Å². The van der Waals surface area contributed by atoms with E-state index >= 15 is 0 Å². The van der Waals surface area contributed by atoms with Gasteiger partial charge in [0.25, 0.3) is 5.91 Å². The van der Waals surface area contributed by atoms with Crippen molar-refractivity contribution in [3.8, 4) is 5.75 Å². The smallest absolute Gasteiger partial charge is 0.259 e. The van der Waals surface area contributed by atoms with Crippen molar-refractivity contribution in [2.75, 3.05) is 19.4 Å². The number of hydrogen-bond acceptors (Lipinski definition) is 3. The summed E-state index contributed by atoms with van der Waals surface area (Å²) in [5.41, 5.74) is 2.15. The van der Waals surface area contributed by atoms with Crippen LogP contribution in [0.2, 0.25) is 0 Å². The molecule has 1 N–H and O–H groups in total. The van der Waals surface area contributed by atoms with Gasteiger partial charge in [0.05, 0.1) is 11.7 Å². The third-order valence-corrected chi connectivity index (χ3v) is 4.35. The van der Waals surface area contributed by atoms with Crippen LogP contribution in [0.25, 0.3) is 0 Å². The number of nitrogens with zero attached hydrogens (tertiary/aromatic N) is 1. The van der Waals surface area contributed by atoms with Crippen molar-refractivity contribution >= 4 is 33.4 Å². The maximum Gasteiger partial charge on any atom is 0.259 e. The van der Waals surface area contributed by atoms with Crippen LogP contribution in [0.15, 0.2) is 46.9 Å². The minimum absolute atomic E-state index is 0.0321. The van der Waals surface area contributed by atoms with Crippen LogP contribution in [0, 0.1) is 0 Å². The van der Waals surface area contributed by atoms with Crippen LogP contribution in [0.5, 0.6) is 5.75 Å². The number of amides is 2. The number of benzene rings is 2. The van der Waals surface area contributed by atoms with Crippen molar-refractivity contribution in [2.24, 2.45) is 0 Å².